The van der Waals surface area contributed by atoms with E-state index in [1.807, 2.05) is 42.8 Å². The van der Waals surface area contributed by atoms with Gasteiger partial charge >= 0.3 is 0 Å². The molecule has 0 saturated carbocycles. The number of nitrogens with one attached hydrogen (secondary N) is 2. The molecule has 7 rings (SSSR count). The smallest absolute Gasteiger partial charge is 0.296 e. The molecule has 3 N–H and O–H groups in total. The molecule has 0 bridgehead atoms. The summed E-state index contributed by atoms with van der Waals surface area (Å²) in [7, 11) is 0. The third kappa shape index (κ3) is 4.69. The Balaban J connectivity index is 1.07. The zero-order valence-electron chi connectivity index (χ0n) is 21.6. The second kappa shape index (κ2) is 9.26. The molecule has 1 aromatic carbocycles. The van der Waals surface area contributed by atoms with Gasteiger partial charge in [0.1, 0.15) is 37.0 Å². The molecule has 1 unspecified atom stereocenters. The molecule has 204 valence electrons. The normalized spacial score (nSPS) is 26.3. The summed E-state index contributed by atoms with van der Waals surface area (Å²) in [4.78, 5) is 13.6. The number of rotatable bonds is 6. The number of pyridine rings is 1. The van der Waals surface area contributed by atoms with Crippen LogP contribution in [0.2, 0.25) is 5.02 Å². The molecule has 4 aromatic rings. The maximum absolute atomic E-state index is 11.9. The Hall–Kier alpha value is -3.06. The van der Waals surface area contributed by atoms with Gasteiger partial charge < -0.3 is 34.3 Å². The first-order valence-electron chi connectivity index (χ1n) is 13.1. The number of ether oxygens (including phenoxy) is 3. The van der Waals surface area contributed by atoms with Crippen LogP contribution < -0.4 is 14.7 Å². The first-order chi connectivity index (χ1) is 18.7. The largest absolute Gasteiger partial charge is 0.848 e. The maximum Gasteiger partial charge on any atom is 0.296 e. The van der Waals surface area contributed by atoms with Crippen LogP contribution in [0.15, 0.2) is 36.5 Å². The van der Waals surface area contributed by atoms with Crippen LogP contribution >= 0.6 is 11.6 Å². The van der Waals surface area contributed by atoms with Crippen LogP contribution in [0.1, 0.15) is 25.1 Å². The van der Waals surface area contributed by atoms with Gasteiger partial charge in [-0.1, -0.05) is 29.8 Å². The van der Waals surface area contributed by atoms with Gasteiger partial charge in [0.2, 0.25) is 0 Å². The lowest BCUT2D eigenvalue weighted by Crippen LogP contribution is -3.09. The summed E-state index contributed by atoms with van der Waals surface area (Å²) >= 11 is 6.61. The average molecular weight is 553 g/mol. The maximum atomic E-state index is 11.9. The van der Waals surface area contributed by atoms with E-state index in [4.69, 9.17) is 30.9 Å². The molecule has 5 atom stereocenters. The predicted molar refractivity (Wildman–Crippen MR) is 139 cm³/mol. The van der Waals surface area contributed by atoms with Crippen molar-refractivity contribution in [1.82, 2.24) is 24.7 Å². The van der Waals surface area contributed by atoms with Crippen molar-refractivity contribution in [1.29, 1.82) is 0 Å². The highest BCUT2D eigenvalue weighted by Crippen LogP contribution is 2.32. The molecule has 2 saturated heterocycles. The third-order valence-electron chi connectivity index (χ3n) is 7.45. The highest BCUT2D eigenvalue weighted by atomic mass is 35.5. The van der Waals surface area contributed by atoms with E-state index in [0.29, 0.717) is 28.4 Å². The number of aromatic amines is 1. The van der Waals surface area contributed by atoms with Crippen LogP contribution in [0.5, 0.6) is 6.01 Å². The number of H-pyrrole nitrogens is 1. The second-order valence-electron chi connectivity index (χ2n) is 11.2. The van der Waals surface area contributed by atoms with Gasteiger partial charge in [-0.2, -0.15) is 10.1 Å². The van der Waals surface area contributed by atoms with Crippen molar-refractivity contribution < 1.29 is 29.3 Å². The Kier molecular flexibility index (Phi) is 5.92. The van der Waals surface area contributed by atoms with Crippen LogP contribution in [0.25, 0.3) is 28.1 Å². The molecule has 12 heteroatoms. The van der Waals surface area contributed by atoms with Gasteiger partial charge in [-0.15, -0.1) is 0 Å². The Morgan fingerprint density at radius 2 is 1.97 bits per heavy atom. The van der Waals surface area contributed by atoms with Crippen LogP contribution in [-0.2, 0) is 22.6 Å². The van der Waals surface area contributed by atoms with Gasteiger partial charge in [-0.25, -0.2) is 9.67 Å². The molecular weight excluding hydrogens is 524 g/mol. The molecular formula is C27H29ClN6O5. The summed E-state index contributed by atoms with van der Waals surface area (Å²) in [5.74, 6) is 0. The molecule has 0 aliphatic carbocycles. The minimum atomic E-state index is -0.890. The zero-order chi connectivity index (χ0) is 26.9. The lowest BCUT2D eigenvalue weighted by atomic mass is 10.1. The fourth-order valence-electron chi connectivity index (χ4n) is 5.78. The molecule has 11 nitrogen and oxygen atoms in total. The van der Waals surface area contributed by atoms with Crippen molar-refractivity contribution in [3.05, 3.63) is 52.8 Å². The molecule has 0 spiro atoms. The number of quaternary nitrogens is 1. The van der Waals surface area contributed by atoms with Crippen molar-refractivity contribution in [3.8, 4) is 23.0 Å². The summed E-state index contributed by atoms with van der Waals surface area (Å²) in [6.45, 7) is 6.43. The summed E-state index contributed by atoms with van der Waals surface area (Å²) in [5, 5.41) is 27.3. The van der Waals surface area contributed by atoms with E-state index in [2.05, 4.69) is 21.1 Å². The number of aliphatic hydroxyl groups is 1. The predicted octanol–water partition coefficient (Wildman–Crippen LogP) is 0.407. The molecule has 0 radical (unpaired) electrons. The van der Waals surface area contributed by atoms with Gasteiger partial charge in [-0.05, 0) is 32.0 Å². The number of imidazole rings is 1. The lowest BCUT2D eigenvalue weighted by molar-refractivity contribution is -0.926. The molecule has 39 heavy (non-hydrogen) atoms. The van der Waals surface area contributed by atoms with E-state index in [0.717, 1.165) is 30.0 Å². The van der Waals surface area contributed by atoms with Crippen molar-refractivity contribution in [2.45, 2.75) is 57.0 Å². The topological polar surface area (TPSA) is 135 Å². The summed E-state index contributed by atoms with van der Waals surface area (Å²) in [5.41, 5.74) is 5.09. The van der Waals surface area contributed by atoms with E-state index in [1.54, 1.807) is 6.07 Å². The first kappa shape index (κ1) is 24.9. The Morgan fingerprint density at radius 1 is 1.18 bits per heavy atom. The van der Waals surface area contributed by atoms with E-state index >= 15 is 0 Å². The van der Waals surface area contributed by atoms with Crippen LogP contribution in [0.4, 0.5) is 0 Å². The lowest BCUT2D eigenvalue weighted by Gasteiger charge is -2.21. The molecule has 6 heterocycles. The third-order valence-corrected chi connectivity index (χ3v) is 7.74. The summed E-state index contributed by atoms with van der Waals surface area (Å²) in [6, 6.07) is 9.96. The minimum Gasteiger partial charge on any atom is -0.848 e. The van der Waals surface area contributed by atoms with Crippen LogP contribution in [0.3, 0.4) is 0 Å². The van der Waals surface area contributed by atoms with E-state index in [-0.39, 0.29) is 19.2 Å². The van der Waals surface area contributed by atoms with Gasteiger partial charge in [0.05, 0.1) is 40.2 Å². The Labute approximate surface area is 229 Å². The molecule has 3 aromatic heterocycles. The molecule has 3 aliphatic heterocycles. The SMILES string of the molecule is CC(C)(O)C[NH+]1Cc2cn(-c3ccc(-c4nc5nc(O[C@@H]6CO[C@H]7[C@@H]6OC[C@H]7[O-])[nH]c5cc4Cl)cc3)nc2C1. The number of halogens is 1. The zero-order valence-corrected chi connectivity index (χ0v) is 22.3. The number of hydrogen-bond acceptors (Lipinski definition) is 8. The quantitative estimate of drug-likeness (QED) is 0.313. The van der Waals surface area contributed by atoms with Crippen molar-refractivity contribution in [2.75, 3.05) is 19.8 Å². The van der Waals surface area contributed by atoms with Gasteiger partial charge in [0, 0.05) is 18.4 Å². The van der Waals surface area contributed by atoms with Crippen molar-refractivity contribution in [2.24, 2.45) is 0 Å². The molecule has 0 amide bonds. The highest BCUT2D eigenvalue weighted by molar-refractivity contribution is 6.33. The van der Waals surface area contributed by atoms with Crippen LogP contribution in [0, 0.1) is 0 Å². The van der Waals surface area contributed by atoms with E-state index < -0.39 is 30.0 Å². The second-order valence-corrected chi connectivity index (χ2v) is 11.6. The van der Waals surface area contributed by atoms with Gasteiger partial charge in [-0.3, -0.25) is 0 Å². The number of nitrogens with zero attached hydrogens (tertiary/aromatic N) is 4. The standard InChI is InChI=1S/C27H28ClN6O5/c1-27(2,36)13-33-8-15-9-34(32-19(15)10-33)16-5-3-14(4-6-16)22-17(28)7-18-25(30-22)31-26(29-18)39-21-12-38-23-20(35)11-37-24(21)23/h3-7,9,20-21,23-24,36H,8,10-13H2,1-2H3,(H,29,30,31)/q-1/p+1/t20-,21-,23-,24-/m1/s1. The Bertz CT molecular complexity index is 1510. The molecule has 2 fully saturated rings. The number of benzene rings is 1. The highest BCUT2D eigenvalue weighted by Gasteiger charge is 2.45. The van der Waals surface area contributed by atoms with Crippen molar-refractivity contribution in [3.63, 3.8) is 0 Å². The average Bonchev–Trinajstić information content (AvgIpc) is 3.67. The van der Waals surface area contributed by atoms with E-state index in [9.17, 15) is 10.2 Å². The Morgan fingerprint density at radius 3 is 2.74 bits per heavy atom. The fraction of sp³-hybridized carbons (Fsp3) is 0.444. The number of aromatic nitrogens is 5. The monoisotopic (exact) mass is 552 g/mol. The fourth-order valence-corrected chi connectivity index (χ4v) is 6.04. The van der Waals surface area contributed by atoms with Crippen LogP contribution in [-0.4, -0.2) is 79.6 Å². The van der Waals surface area contributed by atoms with Gasteiger partial charge in [0.15, 0.2) is 11.8 Å². The number of hydrogen-bond donors (Lipinski definition) is 3. The van der Waals surface area contributed by atoms with Crippen molar-refractivity contribution >= 4 is 22.8 Å². The first-order valence-corrected chi connectivity index (χ1v) is 13.4. The van der Waals surface area contributed by atoms with E-state index in [1.165, 1.54) is 10.5 Å². The summed E-state index contributed by atoms with van der Waals surface area (Å²) in [6.07, 6.45) is -0.116. The molecule has 3 aliphatic rings. The summed E-state index contributed by atoms with van der Waals surface area (Å²) < 4.78 is 19.0. The van der Waals surface area contributed by atoms with Gasteiger partial charge in [0.25, 0.3) is 6.01 Å². The number of fused-ring (bicyclic) bond motifs is 3. The minimum absolute atomic E-state index is 0.125.